The predicted octanol–water partition coefficient (Wildman–Crippen LogP) is 5.16. The first-order chi connectivity index (χ1) is 16.0. The van der Waals surface area contributed by atoms with Gasteiger partial charge in [0.1, 0.15) is 6.04 Å². The van der Waals surface area contributed by atoms with Gasteiger partial charge in [0.15, 0.2) is 0 Å². The van der Waals surface area contributed by atoms with Crippen LogP contribution in [0.25, 0.3) is 22.2 Å². The molecule has 5 nitrogen and oxygen atoms in total. The van der Waals surface area contributed by atoms with E-state index in [0.717, 1.165) is 33.3 Å². The molecule has 0 saturated carbocycles. The summed E-state index contributed by atoms with van der Waals surface area (Å²) in [6.45, 7) is 2.05. The Kier molecular flexibility index (Phi) is 5.46. The Labute approximate surface area is 197 Å². The third kappa shape index (κ3) is 3.42. The van der Waals surface area contributed by atoms with Crippen LogP contribution < -0.4 is 0 Å². The maximum Gasteiger partial charge on any atom is 0.329 e. The number of hydrogen-bond acceptors (Lipinski definition) is 4. The van der Waals surface area contributed by atoms with Gasteiger partial charge in [0.2, 0.25) is 0 Å². The molecule has 0 aliphatic carbocycles. The van der Waals surface area contributed by atoms with Crippen LogP contribution in [0.4, 0.5) is 0 Å². The van der Waals surface area contributed by atoms with Gasteiger partial charge >= 0.3 is 5.97 Å². The minimum Gasteiger partial charge on any atom is -0.467 e. The highest BCUT2D eigenvalue weighted by Gasteiger charge is 2.45. The van der Waals surface area contributed by atoms with Crippen LogP contribution in [0.1, 0.15) is 33.1 Å². The number of aryl methyl sites for hydroxylation is 1. The van der Waals surface area contributed by atoms with E-state index in [4.69, 9.17) is 4.74 Å². The molecule has 5 rings (SSSR count). The summed E-state index contributed by atoms with van der Waals surface area (Å²) in [6.07, 6.45) is 0. The van der Waals surface area contributed by atoms with Crippen molar-refractivity contribution in [3.8, 4) is 11.3 Å². The predicted molar refractivity (Wildman–Crippen MR) is 133 cm³/mol. The molecular weight excluding hydrogens is 432 g/mol. The fourth-order valence-electron chi connectivity index (χ4n) is 4.76. The van der Waals surface area contributed by atoms with E-state index >= 15 is 0 Å². The third-order valence-electron chi connectivity index (χ3n) is 6.34. The molecule has 33 heavy (non-hydrogen) atoms. The van der Waals surface area contributed by atoms with Crippen molar-refractivity contribution >= 4 is 35.4 Å². The van der Waals surface area contributed by atoms with E-state index in [-0.39, 0.29) is 11.7 Å². The van der Waals surface area contributed by atoms with Crippen molar-refractivity contribution in [1.29, 1.82) is 0 Å². The second-order valence-corrected chi connectivity index (χ2v) is 8.61. The minimum absolute atomic E-state index is 0.158. The Hall–Kier alpha value is -3.51. The van der Waals surface area contributed by atoms with Gasteiger partial charge in [-0.3, -0.25) is 4.79 Å². The van der Waals surface area contributed by atoms with Crippen LogP contribution in [0.2, 0.25) is 0 Å². The number of carbonyl (C=O) groups excluding carboxylic acids is 2. The zero-order chi connectivity index (χ0) is 23.1. The van der Waals surface area contributed by atoms with Gasteiger partial charge in [-0.15, -0.1) is 0 Å². The lowest BCUT2D eigenvalue weighted by Crippen LogP contribution is -2.45. The van der Waals surface area contributed by atoms with Crippen molar-refractivity contribution in [3.63, 3.8) is 0 Å². The van der Waals surface area contributed by atoms with Crippen molar-refractivity contribution in [3.05, 3.63) is 95.1 Å². The second-order valence-electron chi connectivity index (χ2n) is 8.25. The topological polar surface area (TPSA) is 62.4 Å². The highest BCUT2D eigenvalue weighted by atomic mass is 32.1. The smallest absolute Gasteiger partial charge is 0.329 e. The van der Waals surface area contributed by atoms with Gasteiger partial charge in [0, 0.05) is 27.8 Å². The Bertz CT molecular complexity index is 1360. The number of nitrogens with zero attached hydrogens (tertiary/aromatic N) is 1. The van der Waals surface area contributed by atoms with E-state index in [2.05, 4.69) is 54.9 Å². The quantitative estimate of drug-likeness (QED) is 0.322. The summed E-state index contributed by atoms with van der Waals surface area (Å²) in [5.41, 5.74) is 6.52. The molecule has 3 aromatic carbocycles. The van der Waals surface area contributed by atoms with Crippen LogP contribution in [0, 0.1) is 6.92 Å². The number of para-hydroxylation sites is 1. The van der Waals surface area contributed by atoms with Crippen molar-refractivity contribution in [1.82, 2.24) is 9.88 Å². The maximum atomic E-state index is 13.6. The zero-order valence-corrected chi connectivity index (χ0v) is 19.3. The molecular formula is C27H24N2O3S. The summed E-state index contributed by atoms with van der Waals surface area (Å²) >= 11 is 4.42. The molecule has 0 fully saturated rings. The maximum absolute atomic E-state index is 13.6. The lowest BCUT2D eigenvalue weighted by atomic mass is 9.92. The third-order valence-corrected chi connectivity index (χ3v) is 6.69. The summed E-state index contributed by atoms with van der Waals surface area (Å²) in [5.74, 6) is -0.515. The van der Waals surface area contributed by atoms with Gasteiger partial charge in [-0.05, 0) is 30.2 Å². The van der Waals surface area contributed by atoms with E-state index in [1.54, 1.807) is 4.90 Å². The molecule has 1 aromatic heterocycles. The van der Waals surface area contributed by atoms with Gasteiger partial charge in [-0.2, -0.15) is 12.6 Å². The van der Waals surface area contributed by atoms with Crippen molar-refractivity contribution in [2.75, 3.05) is 12.9 Å². The van der Waals surface area contributed by atoms with Gasteiger partial charge in [-0.25, -0.2) is 4.79 Å². The van der Waals surface area contributed by atoms with Crippen molar-refractivity contribution < 1.29 is 14.3 Å². The summed E-state index contributed by atoms with van der Waals surface area (Å²) in [4.78, 5) is 31.6. The number of amides is 1. The minimum atomic E-state index is -0.817. The largest absolute Gasteiger partial charge is 0.467 e. The molecule has 1 aliphatic heterocycles. The van der Waals surface area contributed by atoms with Crippen LogP contribution in [0.3, 0.4) is 0 Å². The molecule has 1 aliphatic rings. The first-order valence-corrected chi connectivity index (χ1v) is 11.5. The molecule has 166 valence electrons. The first kappa shape index (κ1) is 21.3. The normalized spacial score (nSPS) is 16.2. The first-order valence-electron chi connectivity index (χ1n) is 10.8. The number of nitrogens with one attached hydrogen (secondary N) is 1. The molecule has 2 heterocycles. The number of methoxy groups -OCH3 is 1. The number of benzene rings is 3. The fourth-order valence-corrected chi connectivity index (χ4v) is 5.09. The van der Waals surface area contributed by atoms with Gasteiger partial charge in [0.05, 0.1) is 18.8 Å². The van der Waals surface area contributed by atoms with Crippen LogP contribution in [-0.2, 0) is 9.53 Å². The van der Waals surface area contributed by atoms with E-state index in [1.807, 2.05) is 42.5 Å². The Morgan fingerprint density at radius 2 is 1.76 bits per heavy atom. The van der Waals surface area contributed by atoms with Crippen LogP contribution in [0.5, 0.6) is 0 Å². The number of rotatable bonds is 5. The lowest BCUT2D eigenvalue weighted by molar-refractivity contribution is -0.145. The lowest BCUT2D eigenvalue weighted by Gasteiger charge is -2.31. The standard InChI is InChI=1S/C27H24N2O3S/c1-16-11-13-17(14-12-16)24-23(20-9-5-6-10-21(20)28-24)25-18-7-3-4-8-19(18)26(30)29(25)22(15-33)27(31)32-2/h3-14,22,25,28,33H,15H2,1-2H3. The highest BCUT2D eigenvalue weighted by Crippen LogP contribution is 2.46. The van der Waals surface area contributed by atoms with Gasteiger partial charge in [0.25, 0.3) is 5.91 Å². The Morgan fingerprint density at radius 1 is 1.06 bits per heavy atom. The number of hydrogen-bond donors (Lipinski definition) is 2. The number of aromatic amines is 1. The highest BCUT2D eigenvalue weighted by molar-refractivity contribution is 7.80. The number of thiol groups is 1. The zero-order valence-electron chi connectivity index (χ0n) is 18.4. The molecule has 2 atom stereocenters. The monoisotopic (exact) mass is 456 g/mol. The number of carbonyl (C=O) groups is 2. The van der Waals surface area contributed by atoms with Gasteiger partial charge < -0.3 is 14.6 Å². The molecule has 4 aromatic rings. The van der Waals surface area contributed by atoms with E-state index in [9.17, 15) is 9.59 Å². The molecule has 0 saturated heterocycles. The molecule has 6 heteroatoms. The molecule has 1 N–H and O–H groups in total. The van der Waals surface area contributed by atoms with Crippen LogP contribution >= 0.6 is 12.6 Å². The molecule has 0 radical (unpaired) electrons. The molecule has 0 spiro atoms. The number of ether oxygens (including phenoxy) is 1. The summed E-state index contributed by atoms with van der Waals surface area (Å²) < 4.78 is 5.05. The Balaban J connectivity index is 1.81. The van der Waals surface area contributed by atoms with Gasteiger partial charge in [-0.1, -0.05) is 66.2 Å². The summed E-state index contributed by atoms with van der Waals surface area (Å²) in [7, 11) is 1.34. The Morgan fingerprint density at radius 3 is 2.48 bits per heavy atom. The number of esters is 1. The number of H-pyrrole nitrogens is 1. The average Bonchev–Trinajstić information content (AvgIpc) is 3.35. The number of fused-ring (bicyclic) bond motifs is 2. The molecule has 1 amide bonds. The molecule has 0 bridgehead atoms. The van der Waals surface area contributed by atoms with Crippen molar-refractivity contribution in [2.45, 2.75) is 19.0 Å². The SMILES string of the molecule is COC(=O)C(CS)N1C(=O)c2ccccc2C1c1c(-c2ccc(C)cc2)[nH]c2ccccc12. The second kappa shape index (κ2) is 8.45. The summed E-state index contributed by atoms with van der Waals surface area (Å²) in [5, 5.41) is 1.01. The van der Waals surface area contributed by atoms with E-state index in [0.29, 0.717) is 5.56 Å². The number of aromatic nitrogens is 1. The average molecular weight is 457 g/mol. The van der Waals surface area contributed by atoms with Crippen LogP contribution in [-0.4, -0.2) is 40.7 Å². The fraction of sp³-hybridized carbons (Fsp3) is 0.185. The van der Waals surface area contributed by atoms with E-state index < -0.39 is 18.1 Å². The molecule has 2 unspecified atom stereocenters. The van der Waals surface area contributed by atoms with Crippen LogP contribution in [0.15, 0.2) is 72.8 Å². The summed E-state index contributed by atoms with van der Waals surface area (Å²) in [6, 6.07) is 22.6. The van der Waals surface area contributed by atoms with Crippen molar-refractivity contribution in [2.24, 2.45) is 0 Å². The van der Waals surface area contributed by atoms with E-state index in [1.165, 1.54) is 12.7 Å².